The lowest BCUT2D eigenvalue weighted by Gasteiger charge is -2.29. The van der Waals surface area contributed by atoms with Gasteiger partial charge in [0.2, 0.25) is 0 Å². The number of hydrogen-bond acceptors (Lipinski definition) is 2. The molecule has 2 nitrogen and oxygen atoms in total. The maximum atomic E-state index is 11.9. The van der Waals surface area contributed by atoms with Gasteiger partial charge in [-0.25, -0.2) is 0 Å². The molecular weight excluding hydrogens is 231 g/mol. The summed E-state index contributed by atoms with van der Waals surface area (Å²) in [6.07, 6.45) is 1.11. The zero-order valence-corrected chi connectivity index (χ0v) is 10.4. The van der Waals surface area contributed by atoms with Crippen LogP contribution in [0.1, 0.15) is 39.0 Å². The van der Waals surface area contributed by atoms with Gasteiger partial charge in [0, 0.05) is 13.2 Å². The average Bonchev–Trinajstić information content (AvgIpc) is 2.70. The Bertz CT molecular complexity index is 212. The van der Waals surface area contributed by atoms with Gasteiger partial charge in [-0.2, -0.15) is 13.2 Å². The van der Waals surface area contributed by atoms with Crippen LogP contribution >= 0.6 is 0 Å². The van der Waals surface area contributed by atoms with Crippen molar-refractivity contribution in [3.8, 4) is 0 Å². The maximum absolute atomic E-state index is 11.9. The second-order valence-corrected chi connectivity index (χ2v) is 4.91. The van der Waals surface area contributed by atoms with Crippen molar-refractivity contribution in [1.82, 2.24) is 5.32 Å². The molecule has 0 saturated heterocycles. The van der Waals surface area contributed by atoms with Crippen LogP contribution in [0.5, 0.6) is 0 Å². The summed E-state index contributed by atoms with van der Waals surface area (Å²) in [6, 6.07) is 0. The molecule has 1 N–H and O–H groups in total. The first-order valence-corrected chi connectivity index (χ1v) is 6.33. The van der Waals surface area contributed by atoms with Crippen molar-refractivity contribution in [3.05, 3.63) is 0 Å². The molecular formula is C12H22F3NO. The minimum atomic E-state index is -4.20. The van der Waals surface area contributed by atoms with Gasteiger partial charge in [-0.1, -0.05) is 19.8 Å². The lowest BCUT2D eigenvalue weighted by Crippen LogP contribution is -2.33. The van der Waals surface area contributed by atoms with Crippen molar-refractivity contribution in [1.29, 1.82) is 0 Å². The number of ether oxygens (including phenoxy) is 1. The van der Waals surface area contributed by atoms with Crippen LogP contribution in [0, 0.1) is 5.41 Å². The Hall–Kier alpha value is -0.290. The normalized spacial score (nSPS) is 19.8. The van der Waals surface area contributed by atoms with E-state index in [1.807, 2.05) is 6.92 Å². The van der Waals surface area contributed by atoms with E-state index in [2.05, 4.69) is 5.32 Å². The van der Waals surface area contributed by atoms with Crippen LogP contribution in [0.4, 0.5) is 13.2 Å². The molecule has 1 saturated carbocycles. The van der Waals surface area contributed by atoms with Crippen LogP contribution in [0.2, 0.25) is 0 Å². The van der Waals surface area contributed by atoms with E-state index in [-0.39, 0.29) is 12.0 Å². The van der Waals surface area contributed by atoms with Crippen molar-refractivity contribution in [2.24, 2.45) is 5.41 Å². The lowest BCUT2D eigenvalue weighted by atomic mass is 9.83. The molecule has 0 spiro atoms. The molecule has 1 rings (SSSR count). The van der Waals surface area contributed by atoms with Crippen molar-refractivity contribution in [3.63, 3.8) is 0 Å². The zero-order valence-electron chi connectivity index (χ0n) is 10.4. The molecule has 0 aromatic rings. The summed E-state index contributed by atoms with van der Waals surface area (Å²) in [5, 5.41) is 3.31. The summed E-state index contributed by atoms with van der Waals surface area (Å²) < 4.78 is 40.5. The minimum absolute atomic E-state index is 0.168. The Morgan fingerprint density at radius 3 is 2.41 bits per heavy atom. The van der Waals surface area contributed by atoms with Crippen LogP contribution in [0.25, 0.3) is 0 Å². The fraction of sp³-hybridized carbons (Fsp3) is 1.00. The van der Waals surface area contributed by atoms with Gasteiger partial charge in [-0.05, 0) is 31.2 Å². The maximum Gasteiger partial charge on any atom is 0.411 e. The molecule has 0 aromatic carbocycles. The predicted octanol–water partition coefficient (Wildman–Crippen LogP) is 3.13. The van der Waals surface area contributed by atoms with Crippen molar-refractivity contribution in [2.75, 3.05) is 26.3 Å². The Morgan fingerprint density at radius 1 is 1.24 bits per heavy atom. The SMILES string of the molecule is CCNCC1(CCOCC(F)(F)F)CCCC1. The van der Waals surface area contributed by atoms with Crippen molar-refractivity contribution < 1.29 is 17.9 Å². The summed E-state index contributed by atoms with van der Waals surface area (Å²) in [7, 11) is 0. The third kappa shape index (κ3) is 5.73. The van der Waals surface area contributed by atoms with Crippen LogP contribution in [-0.4, -0.2) is 32.5 Å². The van der Waals surface area contributed by atoms with E-state index < -0.39 is 12.8 Å². The Labute approximate surface area is 101 Å². The molecule has 0 unspecified atom stereocenters. The van der Waals surface area contributed by atoms with E-state index in [4.69, 9.17) is 4.74 Å². The van der Waals surface area contributed by atoms with Crippen LogP contribution in [0.15, 0.2) is 0 Å². The van der Waals surface area contributed by atoms with Crippen LogP contribution in [0.3, 0.4) is 0 Å². The predicted molar refractivity (Wildman–Crippen MR) is 60.9 cm³/mol. The molecule has 5 heteroatoms. The van der Waals surface area contributed by atoms with Gasteiger partial charge in [0.1, 0.15) is 6.61 Å². The third-order valence-electron chi connectivity index (χ3n) is 3.46. The molecule has 1 fully saturated rings. The van der Waals surface area contributed by atoms with E-state index in [0.717, 1.165) is 32.4 Å². The second kappa shape index (κ2) is 6.59. The van der Waals surface area contributed by atoms with E-state index in [1.54, 1.807) is 0 Å². The van der Waals surface area contributed by atoms with E-state index in [1.165, 1.54) is 12.8 Å². The standard InChI is InChI=1S/C12H22F3NO/c1-2-16-9-11(5-3-4-6-11)7-8-17-10-12(13,14)15/h16H,2-10H2,1H3. The fourth-order valence-electron chi connectivity index (χ4n) is 2.51. The highest BCUT2D eigenvalue weighted by Crippen LogP contribution is 2.40. The highest BCUT2D eigenvalue weighted by Gasteiger charge is 2.33. The average molecular weight is 253 g/mol. The number of halogens is 3. The molecule has 0 atom stereocenters. The number of rotatable bonds is 7. The topological polar surface area (TPSA) is 21.3 Å². The van der Waals surface area contributed by atoms with E-state index in [9.17, 15) is 13.2 Å². The molecule has 0 amide bonds. The van der Waals surface area contributed by atoms with Crippen LogP contribution < -0.4 is 5.32 Å². The van der Waals surface area contributed by atoms with Gasteiger partial charge < -0.3 is 10.1 Å². The highest BCUT2D eigenvalue weighted by atomic mass is 19.4. The molecule has 0 heterocycles. The number of alkyl halides is 3. The third-order valence-corrected chi connectivity index (χ3v) is 3.46. The Balaban J connectivity index is 2.25. The molecule has 0 radical (unpaired) electrons. The lowest BCUT2D eigenvalue weighted by molar-refractivity contribution is -0.175. The van der Waals surface area contributed by atoms with Gasteiger partial charge in [0.15, 0.2) is 0 Å². The molecule has 0 aliphatic heterocycles. The Kier molecular flexibility index (Phi) is 5.73. The van der Waals surface area contributed by atoms with Crippen molar-refractivity contribution in [2.45, 2.75) is 45.2 Å². The summed E-state index contributed by atoms with van der Waals surface area (Å²) in [4.78, 5) is 0. The van der Waals surface area contributed by atoms with Crippen molar-refractivity contribution >= 4 is 0 Å². The molecule has 17 heavy (non-hydrogen) atoms. The van der Waals surface area contributed by atoms with Gasteiger partial charge in [0.25, 0.3) is 0 Å². The summed E-state index contributed by atoms with van der Waals surface area (Å²) in [5.74, 6) is 0. The number of hydrogen-bond donors (Lipinski definition) is 1. The quantitative estimate of drug-likeness (QED) is 0.704. The molecule has 0 aromatic heterocycles. The highest BCUT2D eigenvalue weighted by molar-refractivity contribution is 4.86. The minimum Gasteiger partial charge on any atom is -0.372 e. The first-order valence-electron chi connectivity index (χ1n) is 6.33. The Morgan fingerprint density at radius 2 is 1.88 bits per heavy atom. The monoisotopic (exact) mass is 253 g/mol. The zero-order chi connectivity index (χ0) is 12.8. The largest absolute Gasteiger partial charge is 0.411 e. The van der Waals surface area contributed by atoms with Gasteiger partial charge >= 0.3 is 6.18 Å². The smallest absolute Gasteiger partial charge is 0.372 e. The first-order chi connectivity index (χ1) is 7.97. The van der Waals surface area contributed by atoms with E-state index in [0.29, 0.717) is 0 Å². The molecule has 0 bridgehead atoms. The second-order valence-electron chi connectivity index (χ2n) is 4.91. The first kappa shape index (κ1) is 14.8. The molecule has 102 valence electrons. The summed E-state index contributed by atoms with van der Waals surface area (Å²) in [6.45, 7) is 2.95. The molecule has 1 aliphatic rings. The molecule has 1 aliphatic carbocycles. The van der Waals surface area contributed by atoms with Gasteiger partial charge in [0.05, 0.1) is 0 Å². The summed E-state index contributed by atoms with van der Waals surface area (Å²) in [5.41, 5.74) is 0.168. The fourth-order valence-corrected chi connectivity index (χ4v) is 2.51. The van der Waals surface area contributed by atoms with Gasteiger partial charge in [-0.15, -0.1) is 0 Å². The van der Waals surface area contributed by atoms with E-state index >= 15 is 0 Å². The number of nitrogens with one attached hydrogen (secondary N) is 1. The summed E-state index contributed by atoms with van der Waals surface area (Å²) >= 11 is 0. The van der Waals surface area contributed by atoms with Gasteiger partial charge in [-0.3, -0.25) is 0 Å². The van der Waals surface area contributed by atoms with Crippen LogP contribution in [-0.2, 0) is 4.74 Å².